The standard InChI is InChI=1S/C11H13N3OS/c1-16-11(13-8-12)14(9-4-5-9)7-10-3-2-6-15-10/h2-3,6,9H,4-5,7H2,1H3. The third kappa shape index (κ3) is 2.58. The SMILES string of the molecule is CSC(=NC#N)N(Cc1ccco1)C1CC1. The summed E-state index contributed by atoms with van der Waals surface area (Å²) in [6, 6.07) is 4.34. The molecule has 4 nitrogen and oxygen atoms in total. The van der Waals surface area contributed by atoms with E-state index in [-0.39, 0.29) is 0 Å². The Labute approximate surface area is 98.9 Å². The zero-order valence-corrected chi connectivity index (χ0v) is 9.91. The first-order valence-corrected chi connectivity index (χ1v) is 6.37. The molecule has 0 N–H and O–H groups in total. The molecule has 16 heavy (non-hydrogen) atoms. The van der Waals surface area contributed by atoms with Gasteiger partial charge in [0.15, 0.2) is 5.17 Å². The van der Waals surface area contributed by atoms with Gasteiger partial charge in [-0.3, -0.25) is 0 Å². The van der Waals surface area contributed by atoms with Crippen molar-refractivity contribution in [1.82, 2.24) is 4.90 Å². The van der Waals surface area contributed by atoms with Crippen LogP contribution in [0.25, 0.3) is 0 Å². The fourth-order valence-corrected chi connectivity index (χ4v) is 2.16. The molecule has 1 heterocycles. The maximum absolute atomic E-state index is 8.64. The molecule has 0 aliphatic heterocycles. The van der Waals surface area contributed by atoms with Crippen LogP contribution in [0.4, 0.5) is 0 Å². The van der Waals surface area contributed by atoms with E-state index in [0.29, 0.717) is 12.6 Å². The number of nitriles is 1. The quantitative estimate of drug-likeness (QED) is 0.459. The molecule has 0 aromatic carbocycles. The average Bonchev–Trinajstić information content (AvgIpc) is 3.01. The monoisotopic (exact) mass is 235 g/mol. The summed E-state index contributed by atoms with van der Waals surface area (Å²) in [5, 5.41) is 9.42. The number of furan rings is 1. The van der Waals surface area contributed by atoms with Crippen LogP contribution in [0.3, 0.4) is 0 Å². The Morgan fingerprint density at radius 3 is 3.06 bits per heavy atom. The minimum atomic E-state index is 0.518. The number of aliphatic imine (C=N–C) groups is 1. The van der Waals surface area contributed by atoms with Crippen LogP contribution >= 0.6 is 11.8 Å². The first-order valence-electron chi connectivity index (χ1n) is 5.15. The van der Waals surface area contributed by atoms with Crippen LogP contribution in [-0.2, 0) is 6.54 Å². The molecule has 0 spiro atoms. The molecule has 84 valence electrons. The lowest BCUT2D eigenvalue weighted by Gasteiger charge is -2.22. The first-order chi connectivity index (χ1) is 7.85. The van der Waals surface area contributed by atoms with Crippen LogP contribution < -0.4 is 0 Å². The normalized spacial score (nSPS) is 15.9. The Bertz CT molecular complexity index is 403. The smallest absolute Gasteiger partial charge is 0.208 e. The average molecular weight is 235 g/mol. The topological polar surface area (TPSA) is 52.5 Å². The van der Waals surface area contributed by atoms with Gasteiger partial charge in [0, 0.05) is 6.04 Å². The van der Waals surface area contributed by atoms with Crippen molar-refractivity contribution in [2.75, 3.05) is 6.26 Å². The number of rotatable bonds is 3. The summed E-state index contributed by atoms with van der Waals surface area (Å²) in [5.74, 6) is 0.909. The molecule has 1 aliphatic rings. The Hall–Kier alpha value is -1.41. The van der Waals surface area contributed by atoms with E-state index >= 15 is 0 Å². The lowest BCUT2D eigenvalue weighted by atomic mass is 10.4. The van der Waals surface area contributed by atoms with Crippen molar-refractivity contribution < 1.29 is 4.42 Å². The maximum Gasteiger partial charge on any atom is 0.208 e. The minimum absolute atomic E-state index is 0.518. The van der Waals surface area contributed by atoms with E-state index in [4.69, 9.17) is 9.68 Å². The summed E-state index contributed by atoms with van der Waals surface area (Å²) >= 11 is 1.50. The molecule has 5 heteroatoms. The van der Waals surface area contributed by atoms with Gasteiger partial charge in [-0.05, 0) is 31.2 Å². The minimum Gasteiger partial charge on any atom is -0.467 e. The van der Waals surface area contributed by atoms with Crippen molar-refractivity contribution in [3.05, 3.63) is 24.2 Å². The van der Waals surface area contributed by atoms with Crippen molar-refractivity contribution in [2.45, 2.75) is 25.4 Å². The van der Waals surface area contributed by atoms with Crippen LogP contribution in [-0.4, -0.2) is 22.4 Å². The molecule has 2 rings (SSSR count). The molecule has 0 unspecified atom stereocenters. The summed E-state index contributed by atoms with van der Waals surface area (Å²) in [4.78, 5) is 6.00. The van der Waals surface area contributed by atoms with Crippen LogP contribution in [0.15, 0.2) is 27.8 Å². The molecule has 0 atom stereocenters. The van der Waals surface area contributed by atoms with Crippen LogP contribution in [0, 0.1) is 11.5 Å². The summed E-state index contributed by atoms with van der Waals surface area (Å²) in [7, 11) is 0. The molecule has 0 bridgehead atoms. The predicted molar refractivity (Wildman–Crippen MR) is 63.8 cm³/mol. The van der Waals surface area contributed by atoms with Gasteiger partial charge in [-0.2, -0.15) is 5.26 Å². The molecular formula is C11H13N3OS. The highest BCUT2D eigenvalue weighted by Gasteiger charge is 2.31. The lowest BCUT2D eigenvalue weighted by Crippen LogP contribution is -2.30. The van der Waals surface area contributed by atoms with Gasteiger partial charge in [0.25, 0.3) is 0 Å². The van der Waals surface area contributed by atoms with E-state index in [9.17, 15) is 0 Å². The van der Waals surface area contributed by atoms with Gasteiger partial charge < -0.3 is 9.32 Å². The van der Waals surface area contributed by atoms with E-state index in [1.54, 1.807) is 6.26 Å². The Morgan fingerprint density at radius 1 is 1.75 bits per heavy atom. The highest BCUT2D eigenvalue weighted by atomic mass is 32.2. The fraction of sp³-hybridized carbons (Fsp3) is 0.455. The summed E-state index contributed by atoms with van der Waals surface area (Å²) in [5.41, 5.74) is 0. The first kappa shape index (κ1) is 11.1. The molecule has 1 aromatic rings. The molecular weight excluding hydrogens is 222 g/mol. The zero-order chi connectivity index (χ0) is 11.4. The summed E-state index contributed by atoms with van der Waals surface area (Å²) in [6.45, 7) is 0.693. The highest BCUT2D eigenvalue weighted by molar-refractivity contribution is 8.13. The van der Waals surface area contributed by atoms with Crippen LogP contribution in [0.2, 0.25) is 0 Å². The Balaban J connectivity index is 2.11. The van der Waals surface area contributed by atoms with Gasteiger partial charge in [0.2, 0.25) is 6.19 Å². The number of thioether (sulfide) groups is 1. The molecule has 1 saturated carbocycles. The van der Waals surface area contributed by atoms with E-state index < -0.39 is 0 Å². The molecule has 0 saturated heterocycles. The molecule has 0 amide bonds. The largest absolute Gasteiger partial charge is 0.467 e. The van der Waals surface area contributed by atoms with Crippen molar-refractivity contribution in [1.29, 1.82) is 5.26 Å². The van der Waals surface area contributed by atoms with Crippen LogP contribution in [0.5, 0.6) is 0 Å². The fourth-order valence-electron chi connectivity index (χ4n) is 1.58. The number of amidine groups is 1. The van der Waals surface area contributed by atoms with Gasteiger partial charge in [0.1, 0.15) is 5.76 Å². The second-order valence-electron chi connectivity index (χ2n) is 3.64. The van der Waals surface area contributed by atoms with Gasteiger partial charge in [0.05, 0.1) is 12.8 Å². The van der Waals surface area contributed by atoms with E-state index in [1.807, 2.05) is 24.6 Å². The van der Waals surface area contributed by atoms with Crippen molar-refractivity contribution >= 4 is 16.9 Å². The van der Waals surface area contributed by atoms with Crippen molar-refractivity contribution in [3.63, 3.8) is 0 Å². The predicted octanol–water partition coefficient (Wildman–Crippen LogP) is 2.44. The van der Waals surface area contributed by atoms with Crippen molar-refractivity contribution in [3.8, 4) is 6.19 Å². The Morgan fingerprint density at radius 2 is 2.56 bits per heavy atom. The highest BCUT2D eigenvalue weighted by Crippen LogP contribution is 2.30. The molecule has 1 fully saturated rings. The third-order valence-corrected chi connectivity index (χ3v) is 3.16. The van der Waals surface area contributed by atoms with Gasteiger partial charge in [-0.15, -0.1) is 4.99 Å². The summed E-state index contributed by atoms with van der Waals surface area (Å²) < 4.78 is 5.33. The molecule has 0 radical (unpaired) electrons. The Kier molecular flexibility index (Phi) is 3.52. The third-order valence-electron chi connectivity index (χ3n) is 2.47. The lowest BCUT2D eigenvalue weighted by molar-refractivity contribution is 0.359. The van der Waals surface area contributed by atoms with E-state index in [1.165, 1.54) is 24.6 Å². The number of nitrogens with zero attached hydrogens (tertiary/aromatic N) is 3. The van der Waals surface area contributed by atoms with E-state index in [2.05, 4.69) is 9.89 Å². The van der Waals surface area contributed by atoms with Gasteiger partial charge in [-0.1, -0.05) is 11.8 Å². The summed E-state index contributed by atoms with van der Waals surface area (Å²) in [6.07, 6.45) is 7.81. The van der Waals surface area contributed by atoms with Gasteiger partial charge >= 0.3 is 0 Å². The second-order valence-corrected chi connectivity index (χ2v) is 4.41. The zero-order valence-electron chi connectivity index (χ0n) is 9.09. The second kappa shape index (κ2) is 5.08. The number of hydrogen-bond donors (Lipinski definition) is 0. The molecule has 1 aliphatic carbocycles. The number of hydrogen-bond acceptors (Lipinski definition) is 4. The van der Waals surface area contributed by atoms with E-state index in [0.717, 1.165) is 10.9 Å². The molecule has 1 aromatic heterocycles. The van der Waals surface area contributed by atoms with Gasteiger partial charge in [-0.25, -0.2) is 0 Å². The van der Waals surface area contributed by atoms with Crippen molar-refractivity contribution in [2.24, 2.45) is 4.99 Å². The maximum atomic E-state index is 8.64. The van der Waals surface area contributed by atoms with Crippen LogP contribution in [0.1, 0.15) is 18.6 Å².